The van der Waals surface area contributed by atoms with Crippen molar-refractivity contribution in [1.29, 1.82) is 0 Å². The van der Waals surface area contributed by atoms with Gasteiger partial charge in [0.25, 0.3) is 0 Å². The number of piperidine rings is 1. The molecule has 2 aliphatic heterocycles. The molecule has 1 aromatic carbocycles. The lowest BCUT2D eigenvalue weighted by atomic mass is 9.97. The zero-order valence-electron chi connectivity index (χ0n) is 15.2. The molecular weight excluding hydrogens is 300 g/mol. The number of ether oxygens (including phenoxy) is 1. The van der Waals surface area contributed by atoms with Crippen molar-refractivity contribution in [3.05, 3.63) is 29.8 Å². The van der Waals surface area contributed by atoms with Crippen molar-refractivity contribution < 1.29 is 9.53 Å². The van der Waals surface area contributed by atoms with E-state index in [0.29, 0.717) is 30.6 Å². The summed E-state index contributed by atoms with van der Waals surface area (Å²) in [6.07, 6.45) is 5.81. The Morgan fingerprint density at radius 1 is 1.08 bits per heavy atom. The van der Waals surface area contributed by atoms with Crippen LogP contribution in [0.15, 0.2) is 24.3 Å². The summed E-state index contributed by atoms with van der Waals surface area (Å²) >= 11 is 0. The van der Waals surface area contributed by atoms with Crippen LogP contribution in [0.2, 0.25) is 0 Å². The lowest BCUT2D eigenvalue weighted by Gasteiger charge is -2.40. The fraction of sp³-hybridized carbons (Fsp3) is 0.650. The largest absolute Gasteiger partial charge is 0.497 e. The van der Waals surface area contributed by atoms with Gasteiger partial charge in [0.15, 0.2) is 0 Å². The van der Waals surface area contributed by atoms with Gasteiger partial charge in [0.05, 0.1) is 13.7 Å². The minimum Gasteiger partial charge on any atom is -0.497 e. The number of hydrogen-bond acceptors (Lipinski definition) is 3. The summed E-state index contributed by atoms with van der Waals surface area (Å²) in [6, 6.07) is 9.42. The van der Waals surface area contributed by atoms with E-state index in [0.717, 1.165) is 38.0 Å². The zero-order valence-corrected chi connectivity index (χ0v) is 15.2. The number of carbonyl (C=O) groups is 1. The van der Waals surface area contributed by atoms with Crippen LogP contribution in [0.3, 0.4) is 0 Å². The highest BCUT2D eigenvalue weighted by Crippen LogP contribution is 2.33. The van der Waals surface area contributed by atoms with Gasteiger partial charge < -0.3 is 9.64 Å². The third-order valence-electron chi connectivity index (χ3n) is 5.68. The number of hydrogen-bond donors (Lipinski definition) is 0. The van der Waals surface area contributed by atoms with Crippen LogP contribution in [0, 0.1) is 0 Å². The summed E-state index contributed by atoms with van der Waals surface area (Å²) in [5, 5.41) is 0. The maximum atomic E-state index is 12.9. The smallest absolute Gasteiger partial charge is 0.237 e. The minimum atomic E-state index is 0.301. The predicted molar refractivity (Wildman–Crippen MR) is 96.2 cm³/mol. The van der Waals surface area contributed by atoms with Crippen LogP contribution >= 0.6 is 0 Å². The summed E-state index contributed by atoms with van der Waals surface area (Å²) in [6.45, 7) is 5.95. The average molecular weight is 330 g/mol. The van der Waals surface area contributed by atoms with Crippen molar-refractivity contribution in [3.8, 4) is 5.75 Å². The molecule has 0 radical (unpaired) electrons. The lowest BCUT2D eigenvalue weighted by Crippen LogP contribution is -2.51. The fourth-order valence-electron chi connectivity index (χ4n) is 4.39. The van der Waals surface area contributed by atoms with E-state index in [1.807, 2.05) is 12.1 Å². The Bertz CT molecular complexity index is 547. The number of nitrogens with zero attached hydrogens (tertiary/aromatic N) is 2. The molecule has 3 atom stereocenters. The van der Waals surface area contributed by atoms with Crippen molar-refractivity contribution in [1.82, 2.24) is 9.80 Å². The topological polar surface area (TPSA) is 32.8 Å². The minimum absolute atomic E-state index is 0.301. The zero-order chi connectivity index (χ0) is 17.1. The van der Waals surface area contributed by atoms with E-state index in [2.05, 4.69) is 35.8 Å². The number of likely N-dealkylation sites (tertiary alicyclic amines) is 2. The summed E-state index contributed by atoms with van der Waals surface area (Å²) in [7, 11) is 1.69. The van der Waals surface area contributed by atoms with E-state index in [1.54, 1.807) is 7.11 Å². The van der Waals surface area contributed by atoms with E-state index in [9.17, 15) is 4.79 Å². The van der Waals surface area contributed by atoms with Crippen LogP contribution in [-0.2, 0) is 4.79 Å². The van der Waals surface area contributed by atoms with E-state index in [1.165, 1.54) is 12.0 Å². The second-order valence-corrected chi connectivity index (χ2v) is 7.33. The number of benzene rings is 1. The lowest BCUT2D eigenvalue weighted by molar-refractivity contribution is -0.138. The van der Waals surface area contributed by atoms with Gasteiger partial charge in [0.2, 0.25) is 5.91 Å². The maximum absolute atomic E-state index is 12.9. The molecule has 2 saturated heterocycles. The highest BCUT2D eigenvalue weighted by molar-refractivity contribution is 5.79. The molecule has 0 bridgehead atoms. The second-order valence-electron chi connectivity index (χ2n) is 7.33. The molecule has 0 spiro atoms. The quantitative estimate of drug-likeness (QED) is 0.845. The third kappa shape index (κ3) is 3.59. The molecule has 0 saturated carbocycles. The average Bonchev–Trinajstić information content (AvgIpc) is 3.03. The number of rotatable bonds is 4. The number of methoxy groups -OCH3 is 1. The Kier molecular flexibility index (Phi) is 5.44. The van der Waals surface area contributed by atoms with E-state index in [4.69, 9.17) is 4.74 Å². The van der Waals surface area contributed by atoms with E-state index >= 15 is 0 Å². The number of amides is 1. The van der Waals surface area contributed by atoms with Crippen LogP contribution in [0.25, 0.3) is 0 Å². The standard InChI is InChI=1S/C20H30N2O2/c1-15-6-4-7-16(2)22(15)20(23)14-21-13-5-8-19(21)17-9-11-18(24-3)12-10-17/h9-12,15-16,19H,4-8,13-14H2,1-3H3/t15-,16-,19-/m0/s1. The Balaban J connectivity index is 1.67. The Hall–Kier alpha value is -1.55. The molecule has 0 unspecified atom stereocenters. The number of carbonyl (C=O) groups excluding carboxylic acids is 1. The second kappa shape index (κ2) is 7.56. The summed E-state index contributed by atoms with van der Waals surface area (Å²) in [4.78, 5) is 17.4. The highest BCUT2D eigenvalue weighted by atomic mass is 16.5. The Labute approximate surface area is 145 Å². The first-order valence-corrected chi connectivity index (χ1v) is 9.29. The predicted octanol–water partition coefficient (Wildman–Crippen LogP) is 3.62. The SMILES string of the molecule is COc1ccc([C@@H]2CCCN2CC(=O)N2[C@@H](C)CCC[C@@H]2C)cc1. The van der Waals surface area contributed by atoms with Crippen LogP contribution in [0.1, 0.15) is 57.6 Å². The Morgan fingerprint density at radius 3 is 2.38 bits per heavy atom. The molecule has 2 fully saturated rings. The van der Waals surface area contributed by atoms with Crippen molar-refractivity contribution in [2.45, 2.75) is 64.1 Å². The molecule has 1 aromatic rings. The van der Waals surface area contributed by atoms with E-state index < -0.39 is 0 Å². The molecule has 0 aromatic heterocycles. The van der Waals surface area contributed by atoms with Crippen molar-refractivity contribution >= 4 is 5.91 Å². The first kappa shape index (κ1) is 17.3. The van der Waals surface area contributed by atoms with Gasteiger partial charge in [-0.1, -0.05) is 12.1 Å². The molecule has 1 amide bonds. The van der Waals surface area contributed by atoms with Crippen LogP contribution in [0.5, 0.6) is 5.75 Å². The molecule has 0 N–H and O–H groups in total. The first-order valence-electron chi connectivity index (χ1n) is 9.29. The molecular formula is C20H30N2O2. The normalized spacial score (nSPS) is 28.1. The van der Waals surface area contributed by atoms with Crippen molar-refractivity contribution in [2.24, 2.45) is 0 Å². The van der Waals surface area contributed by atoms with Crippen LogP contribution in [0.4, 0.5) is 0 Å². The summed E-state index contributed by atoms with van der Waals surface area (Å²) in [5.74, 6) is 1.19. The summed E-state index contributed by atoms with van der Waals surface area (Å²) in [5.41, 5.74) is 1.29. The van der Waals surface area contributed by atoms with Gasteiger partial charge >= 0.3 is 0 Å². The third-order valence-corrected chi connectivity index (χ3v) is 5.68. The molecule has 4 nitrogen and oxygen atoms in total. The van der Waals surface area contributed by atoms with Gasteiger partial charge in [-0.15, -0.1) is 0 Å². The fourth-order valence-corrected chi connectivity index (χ4v) is 4.39. The van der Waals surface area contributed by atoms with Gasteiger partial charge in [0, 0.05) is 18.1 Å². The molecule has 2 aliphatic rings. The van der Waals surface area contributed by atoms with Crippen molar-refractivity contribution in [3.63, 3.8) is 0 Å². The highest BCUT2D eigenvalue weighted by Gasteiger charge is 2.33. The first-order chi connectivity index (χ1) is 11.6. The van der Waals surface area contributed by atoms with Gasteiger partial charge in [-0.2, -0.15) is 0 Å². The maximum Gasteiger partial charge on any atom is 0.237 e. The van der Waals surface area contributed by atoms with Crippen LogP contribution < -0.4 is 4.74 Å². The molecule has 24 heavy (non-hydrogen) atoms. The monoisotopic (exact) mass is 330 g/mol. The molecule has 0 aliphatic carbocycles. The Morgan fingerprint density at radius 2 is 1.75 bits per heavy atom. The summed E-state index contributed by atoms with van der Waals surface area (Å²) < 4.78 is 5.25. The molecule has 3 rings (SSSR count). The van der Waals surface area contributed by atoms with Gasteiger partial charge in [-0.25, -0.2) is 0 Å². The molecule has 132 valence electrons. The molecule has 4 heteroatoms. The van der Waals surface area contributed by atoms with Gasteiger partial charge in [0.1, 0.15) is 5.75 Å². The van der Waals surface area contributed by atoms with Crippen molar-refractivity contribution in [2.75, 3.05) is 20.2 Å². The van der Waals surface area contributed by atoms with Crippen LogP contribution in [-0.4, -0.2) is 48.0 Å². The van der Waals surface area contributed by atoms with Gasteiger partial charge in [-0.05, 0) is 70.2 Å². The van der Waals surface area contributed by atoms with Gasteiger partial charge in [-0.3, -0.25) is 9.69 Å². The molecule has 2 heterocycles. The van der Waals surface area contributed by atoms with E-state index in [-0.39, 0.29) is 0 Å².